The van der Waals surface area contributed by atoms with E-state index in [4.69, 9.17) is 0 Å². The summed E-state index contributed by atoms with van der Waals surface area (Å²) < 4.78 is 0. The summed E-state index contributed by atoms with van der Waals surface area (Å²) in [6, 6.07) is 3.41. The van der Waals surface area contributed by atoms with Crippen molar-refractivity contribution in [3.8, 4) is 0 Å². The Kier molecular flexibility index (Phi) is 7.91. The number of aryl methyl sites for hydroxylation is 1. The van der Waals surface area contributed by atoms with E-state index in [1.807, 2.05) is 14.0 Å². The molecule has 2 N–H and O–H groups in total. The van der Waals surface area contributed by atoms with Crippen LogP contribution in [0.3, 0.4) is 0 Å². The molecule has 1 rings (SSSR count). The highest BCUT2D eigenvalue weighted by molar-refractivity contribution is 5.97. The second-order valence-electron chi connectivity index (χ2n) is 4.93. The number of halogens is 1. The van der Waals surface area contributed by atoms with Gasteiger partial charge in [0.25, 0.3) is 11.8 Å². The van der Waals surface area contributed by atoms with E-state index >= 15 is 0 Å². The molecule has 1 heterocycles. The van der Waals surface area contributed by atoms with Crippen LogP contribution >= 0.6 is 12.4 Å². The zero-order valence-electron chi connectivity index (χ0n) is 13.1. The summed E-state index contributed by atoms with van der Waals surface area (Å²) in [6.07, 6.45) is 0. The lowest BCUT2D eigenvalue weighted by molar-refractivity contribution is 0.0820. The second kappa shape index (κ2) is 8.59. The first-order valence-corrected chi connectivity index (χ1v) is 6.51. The van der Waals surface area contributed by atoms with Crippen LogP contribution < -0.4 is 10.6 Å². The van der Waals surface area contributed by atoms with Gasteiger partial charge >= 0.3 is 0 Å². The third-order valence-electron chi connectivity index (χ3n) is 3.02. The molecule has 2 amide bonds. The van der Waals surface area contributed by atoms with Gasteiger partial charge in [0.2, 0.25) is 0 Å². The normalized spacial score (nSPS) is 11.3. The number of carbonyl (C=O) groups is 2. The lowest BCUT2D eigenvalue weighted by Gasteiger charge is -2.13. The maximum Gasteiger partial charge on any atom is 0.271 e. The molecule has 0 fully saturated rings. The fourth-order valence-electron chi connectivity index (χ4n) is 1.59. The first-order valence-electron chi connectivity index (χ1n) is 6.51. The fraction of sp³-hybridized carbons (Fsp3) is 0.500. The quantitative estimate of drug-likeness (QED) is 0.845. The molecule has 6 nitrogen and oxygen atoms in total. The molecular weight excluding hydrogens is 292 g/mol. The number of nitrogens with zero attached hydrogens (tertiary/aromatic N) is 2. The van der Waals surface area contributed by atoms with Crippen molar-refractivity contribution in [3.05, 3.63) is 29.1 Å². The highest BCUT2D eigenvalue weighted by Crippen LogP contribution is 2.08. The van der Waals surface area contributed by atoms with E-state index in [0.717, 1.165) is 0 Å². The lowest BCUT2D eigenvalue weighted by atomic mass is 10.1. The van der Waals surface area contributed by atoms with Crippen molar-refractivity contribution in [3.63, 3.8) is 0 Å². The van der Waals surface area contributed by atoms with Gasteiger partial charge in [0.1, 0.15) is 5.69 Å². The summed E-state index contributed by atoms with van der Waals surface area (Å²) >= 11 is 0. The molecule has 21 heavy (non-hydrogen) atoms. The Hall–Kier alpha value is -1.66. The maximum atomic E-state index is 12.0. The van der Waals surface area contributed by atoms with Gasteiger partial charge < -0.3 is 15.5 Å². The number of rotatable bonds is 5. The van der Waals surface area contributed by atoms with Crippen LogP contribution in [-0.4, -0.2) is 55.4 Å². The largest absolute Gasteiger partial charge is 0.350 e. The molecule has 1 aromatic rings. The van der Waals surface area contributed by atoms with E-state index < -0.39 is 0 Å². The van der Waals surface area contributed by atoms with E-state index in [1.165, 1.54) is 4.90 Å². The second-order valence-corrected chi connectivity index (χ2v) is 4.93. The summed E-state index contributed by atoms with van der Waals surface area (Å²) in [5.74, 6) is -0.357. The molecule has 0 aromatic carbocycles. The van der Waals surface area contributed by atoms with Gasteiger partial charge in [0.15, 0.2) is 0 Å². The zero-order valence-corrected chi connectivity index (χ0v) is 13.9. The molecule has 0 saturated heterocycles. The van der Waals surface area contributed by atoms with Crippen LogP contribution in [0.15, 0.2) is 12.1 Å². The molecule has 1 unspecified atom stereocenters. The van der Waals surface area contributed by atoms with Gasteiger partial charge in [-0.25, -0.2) is 4.98 Å². The average molecular weight is 315 g/mol. The van der Waals surface area contributed by atoms with E-state index in [2.05, 4.69) is 15.6 Å². The molecule has 0 bridgehead atoms. The summed E-state index contributed by atoms with van der Waals surface area (Å²) in [7, 11) is 5.17. The van der Waals surface area contributed by atoms with Gasteiger partial charge in [0.05, 0.1) is 11.3 Å². The number of nitrogens with one attached hydrogen (secondary N) is 2. The Labute approximate surface area is 131 Å². The minimum absolute atomic E-state index is 0. The number of hydrogen-bond acceptors (Lipinski definition) is 4. The monoisotopic (exact) mass is 314 g/mol. The van der Waals surface area contributed by atoms with Crippen molar-refractivity contribution < 1.29 is 9.59 Å². The molecule has 0 radical (unpaired) electrons. The molecule has 0 spiro atoms. The van der Waals surface area contributed by atoms with Gasteiger partial charge in [-0.15, -0.1) is 12.4 Å². The zero-order chi connectivity index (χ0) is 15.3. The first kappa shape index (κ1) is 19.3. The highest BCUT2D eigenvalue weighted by atomic mass is 35.5. The summed E-state index contributed by atoms with van der Waals surface area (Å²) in [6.45, 7) is 4.24. The number of amides is 2. The van der Waals surface area contributed by atoms with Gasteiger partial charge in [-0.1, -0.05) is 0 Å². The Morgan fingerprint density at radius 2 is 1.95 bits per heavy atom. The number of aromatic nitrogens is 1. The summed E-state index contributed by atoms with van der Waals surface area (Å²) in [5, 5.41) is 5.87. The summed E-state index contributed by atoms with van der Waals surface area (Å²) in [5.41, 5.74) is 1.38. The van der Waals surface area contributed by atoms with Crippen molar-refractivity contribution in [2.45, 2.75) is 19.9 Å². The lowest BCUT2D eigenvalue weighted by Crippen LogP contribution is -2.37. The van der Waals surface area contributed by atoms with Crippen molar-refractivity contribution in [2.24, 2.45) is 0 Å². The predicted molar refractivity (Wildman–Crippen MR) is 85.1 cm³/mol. The predicted octanol–water partition coefficient (Wildman–Crippen LogP) is 0.851. The molecule has 0 saturated carbocycles. The van der Waals surface area contributed by atoms with Crippen LogP contribution in [0.1, 0.15) is 33.5 Å². The average Bonchev–Trinajstić information content (AvgIpc) is 2.43. The molecule has 7 heteroatoms. The van der Waals surface area contributed by atoms with Crippen LogP contribution in [0.5, 0.6) is 0 Å². The fourth-order valence-corrected chi connectivity index (χ4v) is 1.59. The molecule has 0 aliphatic carbocycles. The van der Waals surface area contributed by atoms with Gasteiger partial charge in [-0.05, 0) is 33.0 Å². The van der Waals surface area contributed by atoms with Crippen molar-refractivity contribution in [2.75, 3.05) is 27.7 Å². The third-order valence-corrected chi connectivity index (χ3v) is 3.02. The molecule has 1 aromatic heterocycles. The van der Waals surface area contributed by atoms with Crippen LogP contribution in [0.25, 0.3) is 0 Å². The van der Waals surface area contributed by atoms with Crippen molar-refractivity contribution in [1.82, 2.24) is 20.5 Å². The molecule has 1 atom stereocenters. The highest BCUT2D eigenvalue weighted by Gasteiger charge is 2.15. The molecular formula is C14H23ClN4O2. The standard InChI is InChI=1S/C14H22N4O2.ClH/c1-9(15-3)8-16-13(19)11-6-7-12(17-10(11)2)14(20)18(4)5;/h6-7,9,15H,8H2,1-5H3,(H,16,19);1H. The third kappa shape index (κ3) is 5.32. The summed E-state index contributed by atoms with van der Waals surface area (Å²) in [4.78, 5) is 29.5. The first-order chi connectivity index (χ1) is 9.36. The van der Waals surface area contributed by atoms with E-state index in [1.54, 1.807) is 33.2 Å². The Morgan fingerprint density at radius 1 is 1.33 bits per heavy atom. The molecule has 0 aliphatic rings. The number of pyridine rings is 1. The Balaban J connectivity index is 0.00000400. The SMILES string of the molecule is CNC(C)CNC(=O)c1ccc(C(=O)N(C)C)nc1C.Cl. The van der Waals surface area contributed by atoms with Crippen LogP contribution in [0, 0.1) is 6.92 Å². The van der Waals surface area contributed by atoms with E-state index in [0.29, 0.717) is 23.5 Å². The van der Waals surface area contributed by atoms with Crippen molar-refractivity contribution >= 4 is 24.2 Å². The number of likely N-dealkylation sites (N-methyl/N-ethyl adjacent to an activating group) is 1. The van der Waals surface area contributed by atoms with Crippen LogP contribution in [-0.2, 0) is 0 Å². The number of hydrogen-bond donors (Lipinski definition) is 2. The maximum absolute atomic E-state index is 12.0. The number of carbonyl (C=O) groups excluding carboxylic acids is 2. The van der Waals surface area contributed by atoms with Crippen LogP contribution in [0.2, 0.25) is 0 Å². The smallest absolute Gasteiger partial charge is 0.271 e. The van der Waals surface area contributed by atoms with E-state index in [-0.39, 0.29) is 30.3 Å². The molecule has 0 aliphatic heterocycles. The molecule has 118 valence electrons. The van der Waals surface area contributed by atoms with E-state index in [9.17, 15) is 9.59 Å². The Morgan fingerprint density at radius 3 is 2.43 bits per heavy atom. The topological polar surface area (TPSA) is 74.3 Å². The van der Waals surface area contributed by atoms with Crippen LogP contribution in [0.4, 0.5) is 0 Å². The minimum atomic E-state index is -0.180. The Bertz CT molecular complexity index is 506. The van der Waals surface area contributed by atoms with Crippen molar-refractivity contribution in [1.29, 1.82) is 0 Å². The van der Waals surface area contributed by atoms with Gasteiger partial charge in [-0.2, -0.15) is 0 Å². The van der Waals surface area contributed by atoms with Gasteiger partial charge in [0, 0.05) is 26.7 Å². The minimum Gasteiger partial charge on any atom is -0.350 e. The van der Waals surface area contributed by atoms with Gasteiger partial charge in [-0.3, -0.25) is 9.59 Å².